The van der Waals surface area contributed by atoms with Crippen LogP contribution in [-0.4, -0.2) is 16.2 Å². The van der Waals surface area contributed by atoms with Crippen molar-refractivity contribution in [2.45, 2.75) is 6.42 Å². The number of aromatic hydroxyl groups is 1. The number of hydrogen-bond donors (Lipinski definition) is 2. The molecular weight excluding hydrogens is 199 g/mol. The second kappa shape index (κ2) is 3.62. The maximum absolute atomic E-state index is 13.1. The number of halogens is 2. The van der Waals surface area contributed by atoms with E-state index in [4.69, 9.17) is 21.8 Å². The van der Waals surface area contributed by atoms with E-state index in [1.807, 2.05) is 0 Å². The van der Waals surface area contributed by atoms with Gasteiger partial charge in [-0.05, 0) is 6.07 Å². The number of phenols is 1. The van der Waals surface area contributed by atoms with Gasteiger partial charge in [0.1, 0.15) is 16.6 Å². The highest BCUT2D eigenvalue weighted by Crippen LogP contribution is 2.28. The van der Waals surface area contributed by atoms with Gasteiger partial charge in [-0.25, -0.2) is 4.39 Å². The lowest BCUT2D eigenvalue weighted by Gasteiger charge is -2.02. The molecule has 5 heteroatoms. The van der Waals surface area contributed by atoms with Crippen LogP contribution in [0, 0.1) is 5.82 Å². The third-order valence-corrected chi connectivity index (χ3v) is 1.84. The first kappa shape index (κ1) is 9.80. The van der Waals surface area contributed by atoms with Gasteiger partial charge in [0.25, 0.3) is 0 Å². The Morgan fingerprint density at radius 1 is 1.54 bits per heavy atom. The predicted octanol–water partition coefficient (Wildman–Crippen LogP) is 1.81. The predicted molar refractivity (Wildman–Crippen MR) is 44.4 cm³/mol. The minimum atomic E-state index is -1.15. The standard InChI is InChI=1S/C8H6ClFO3/c9-7-5(11)2-1-4(8(7)10)3-6(12)13/h1-2,11H,3H2,(H,12,13). The van der Waals surface area contributed by atoms with Crippen molar-refractivity contribution in [3.8, 4) is 5.75 Å². The summed E-state index contributed by atoms with van der Waals surface area (Å²) in [5, 5.41) is 16.9. The van der Waals surface area contributed by atoms with Crippen LogP contribution in [0.25, 0.3) is 0 Å². The highest BCUT2D eigenvalue weighted by atomic mass is 35.5. The first-order valence-corrected chi connectivity index (χ1v) is 3.78. The minimum absolute atomic E-state index is 0.0460. The molecule has 0 unspecified atom stereocenters. The Balaban J connectivity index is 3.10. The molecule has 0 atom stereocenters. The molecule has 0 heterocycles. The summed E-state index contributed by atoms with van der Waals surface area (Å²) in [4.78, 5) is 10.2. The molecule has 2 N–H and O–H groups in total. The Kier molecular flexibility index (Phi) is 2.72. The van der Waals surface area contributed by atoms with Crippen molar-refractivity contribution in [3.63, 3.8) is 0 Å². The Morgan fingerprint density at radius 2 is 2.15 bits per heavy atom. The van der Waals surface area contributed by atoms with Gasteiger partial charge in [-0.2, -0.15) is 0 Å². The Hall–Kier alpha value is -1.29. The first-order chi connectivity index (χ1) is 6.02. The normalized spacial score (nSPS) is 10.0. The molecule has 0 aromatic heterocycles. The van der Waals surface area contributed by atoms with Gasteiger partial charge in [0, 0.05) is 5.56 Å². The maximum atomic E-state index is 13.1. The average Bonchev–Trinajstić information content (AvgIpc) is 2.06. The fraction of sp³-hybridized carbons (Fsp3) is 0.125. The largest absolute Gasteiger partial charge is 0.506 e. The number of benzene rings is 1. The molecule has 13 heavy (non-hydrogen) atoms. The molecular formula is C8H6ClFO3. The first-order valence-electron chi connectivity index (χ1n) is 3.40. The zero-order chi connectivity index (χ0) is 10.0. The number of carbonyl (C=O) groups is 1. The summed E-state index contributed by atoms with van der Waals surface area (Å²) in [6, 6.07) is 2.34. The zero-order valence-electron chi connectivity index (χ0n) is 6.42. The fourth-order valence-corrected chi connectivity index (χ4v) is 1.06. The van der Waals surface area contributed by atoms with E-state index in [2.05, 4.69) is 0 Å². The SMILES string of the molecule is O=C(O)Cc1ccc(O)c(Cl)c1F. The van der Waals surface area contributed by atoms with Gasteiger partial charge >= 0.3 is 5.97 Å². The maximum Gasteiger partial charge on any atom is 0.307 e. The summed E-state index contributed by atoms with van der Waals surface area (Å²) in [5.41, 5.74) is -0.0460. The molecule has 0 amide bonds. The highest BCUT2D eigenvalue weighted by molar-refractivity contribution is 6.32. The molecule has 70 valence electrons. The van der Waals surface area contributed by atoms with Crippen LogP contribution in [0.1, 0.15) is 5.56 Å². The van der Waals surface area contributed by atoms with Crippen LogP contribution in [0.4, 0.5) is 4.39 Å². The number of phenolic OH excluding ortho intramolecular Hbond substituents is 1. The number of hydrogen-bond acceptors (Lipinski definition) is 2. The van der Waals surface area contributed by atoms with Gasteiger partial charge in [0.15, 0.2) is 0 Å². The van der Waals surface area contributed by atoms with Crippen molar-refractivity contribution >= 4 is 17.6 Å². The van der Waals surface area contributed by atoms with E-state index in [0.717, 1.165) is 6.07 Å². The van der Waals surface area contributed by atoms with Crippen LogP contribution >= 0.6 is 11.6 Å². The van der Waals surface area contributed by atoms with Crippen molar-refractivity contribution in [1.29, 1.82) is 0 Å². The van der Waals surface area contributed by atoms with E-state index in [-0.39, 0.29) is 5.56 Å². The molecule has 1 rings (SSSR count). The van der Waals surface area contributed by atoms with Crippen LogP contribution < -0.4 is 0 Å². The summed E-state index contributed by atoms with van der Waals surface area (Å²) in [6.07, 6.45) is -0.453. The van der Waals surface area contributed by atoms with E-state index < -0.39 is 29.0 Å². The van der Waals surface area contributed by atoms with Crippen LogP contribution in [-0.2, 0) is 11.2 Å². The van der Waals surface area contributed by atoms with Crippen molar-refractivity contribution in [3.05, 3.63) is 28.5 Å². The second-order valence-corrected chi connectivity index (χ2v) is 2.82. The molecule has 1 aromatic rings. The molecule has 0 saturated carbocycles. The van der Waals surface area contributed by atoms with Gasteiger partial charge in [-0.3, -0.25) is 4.79 Å². The van der Waals surface area contributed by atoms with E-state index in [1.54, 1.807) is 0 Å². The lowest BCUT2D eigenvalue weighted by Crippen LogP contribution is -2.02. The molecule has 1 aromatic carbocycles. The summed E-state index contributed by atoms with van der Waals surface area (Å²) >= 11 is 5.35. The van der Waals surface area contributed by atoms with Crippen LogP contribution in [0.3, 0.4) is 0 Å². The topological polar surface area (TPSA) is 57.5 Å². The van der Waals surface area contributed by atoms with Crippen LogP contribution in [0.5, 0.6) is 5.75 Å². The Bertz CT molecular complexity index is 351. The molecule has 0 bridgehead atoms. The monoisotopic (exact) mass is 204 g/mol. The van der Waals surface area contributed by atoms with Gasteiger partial charge in [0.05, 0.1) is 6.42 Å². The molecule has 0 spiro atoms. The lowest BCUT2D eigenvalue weighted by molar-refractivity contribution is -0.136. The van der Waals surface area contributed by atoms with Crippen LogP contribution in [0.2, 0.25) is 5.02 Å². The van der Waals surface area contributed by atoms with Crippen molar-refractivity contribution < 1.29 is 19.4 Å². The fourth-order valence-electron chi connectivity index (χ4n) is 0.879. The second-order valence-electron chi connectivity index (χ2n) is 2.44. The van der Waals surface area contributed by atoms with Crippen molar-refractivity contribution in [1.82, 2.24) is 0 Å². The number of carboxylic acids is 1. The lowest BCUT2D eigenvalue weighted by atomic mass is 10.1. The molecule has 0 aliphatic carbocycles. The zero-order valence-corrected chi connectivity index (χ0v) is 7.18. The van der Waals surface area contributed by atoms with Crippen molar-refractivity contribution in [2.24, 2.45) is 0 Å². The highest BCUT2D eigenvalue weighted by Gasteiger charge is 2.12. The minimum Gasteiger partial charge on any atom is -0.506 e. The number of carboxylic acid groups (broad SMARTS) is 1. The molecule has 0 aliphatic heterocycles. The van der Waals surface area contributed by atoms with E-state index in [1.165, 1.54) is 6.07 Å². The quantitative estimate of drug-likeness (QED) is 0.773. The Morgan fingerprint density at radius 3 is 2.69 bits per heavy atom. The number of rotatable bonds is 2. The smallest absolute Gasteiger partial charge is 0.307 e. The molecule has 3 nitrogen and oxygen atoms in total. The van der Waals surface area contributed by atoms with Crippen molar-refractivity contribution in [2.75, 3.05) is 0 Å². The van der Waals surface area contributed by atoms with Crippen LogP contribution in [0.15, 0.2) is 12.1 Å². The van der Waals surface area contributed by atoms with E-state index in [9.17, 15) is 9.18 Å². The molecule has 0 fully saturated rings. The average molecular weight is 205 g/mol. The van der Waals surface area contributed by atoms with Gasteiger partial charge in [-0.1, -0.05) is 17.7 Å². The summed E-state index contributed by atoms with van der Waals surface area (Å²) in [7, 11) is 0. The molecule has 0 aliphatic rings. The Labute approximate surface area is 78.4 Å². The van der Waals surface area contributed by atoms with Gasteiger partial charge in [0.2, 0.25) is 0 Å². The summed E-state index contributed by atoms with van der Waals surface area (Å²) in [6.45, 7) is 0. The van der Waals surface area contributed by atoms with E-state index in [0.29, 0.717) is 0 Å². The number of aliphatic carboxylic acids is 1. The summed E-state index contributed by atoms with van der Waals surface area (Å²) < 4.78 is 13.1. The van der Waals surface area contributed by atoms with Gasteiger partial charge in [-0.15, -0.1) is 0 Å². The molecule has 0 radical (unpaired) electrons. The molecule has 0 saturated heterocycles. The summed E-state index contributed by atoms with van der Waals surface area (Å²) in [5.74, 6) is -2.43. The third-order valence-electron chi connectivity index (χ3n) is 1.48. The third kappa shape index (κ3) is 2.09. The van der Waals surface area contributed by atoms with E-state index >= 15 is 0 Å². The van der Waals surface area contributed by atoms with Gasteiger partial charge < -0.3 is 10.2 Å².